The van der Waals surface area contributed by atoms with Crippen LogP contribution in [0.15, 0.2) is 285 Å². The third kappa shape index (κ3) is 7.38. The van der Waals surface area contributed by atoms with E-state index in [0.717, 1.165) is 46.2 Å². The number of rotatable bonds is 10. The van der Waals surface area contributed by atoms with E-state index in [1.807, 2.05) is 0 Å². The third-order valence-electron chi connectivity index (χ3n) is 15.0. The van der Waals surface area contributed by atoms with Gasteiger partial charge in [0.2, 0.25) is 0 Å². The van der Waals surface area contributed by atoms with Gasteiger partial charge in [0.1, 0.15) is 0 Å². The van der Waals surface area contributed by atoms with Gasteiger partial charge >= 0.3 is 0 Å². The van der Waals surface area contributed by atoms with Gasteiger partial charge in [0, 0.05) is 72.4 Å². The number of benzene rings is 11. The van der Waals surface area contributed by atoms with E-state index in [1.54, 1.807) is 0 Å². The summed E-state index contributed by atoms with van der Waals surface area (Å²) in [6.45, 7) is 0. The average Bonchev–Trinajstić information content (AvgIpc) is 3.99. The number of nitrogens with zero attached hydrogens (tertiary/aromatic N) is 4. The molecule has 0 saturated heterocycles. The normalized spacial score (nSPS) is 13.4. The second-order valence-corrected chi connectivity index (χ2v) is 19.2. The molecule has 11 aromatic carbocycles. The van der Waals surface area contributed by atoms with Gasteiger partial charge in [-0.15, -0.1) is 0 Å². The summed E-state index contributed by atoms with van der Waals surface area (Å²) in [6.07, 6.45) is 9.90. The van der Waals surface area contributed by atoms with Gasteiger partial charge in [0.15, 0.2) is 0 Å². The smallest absolute Gasteiger partial charge is 0.0560 e. The monoisotopic (exact) mass is 946 g/mol. The largest absolute Gasteiger partial charge is 0.333 e. The van der Waals surface area contributed by atoms with Gasteiger partial charge in [-0.3, -0.25) is 0 Å². The van der Waals surface area contributed by atoms with Crippen molar-refractivity contribution in [2.75, 3.05) is 9.80 Å². The van der Waals surface area contributed by atoms with Crippen molar-refractivity contribution in [3.8, 4) is 27.9 Å². The molecule has 1 aliphatic carbocycles. The van der Waals surface area contributed by atoms with Crippen LogP contribution in [0.1, 0.15) is 12.5 Å². The first kappa shape index (κ1) is 43.2. The number of aromatic nitrogens is 2. The quantitative estimate of drug-likeness (QED) is 0.136. The van der Waals surface area contributed by atoms with Crippen LogP contribution in [-0.4, -0.2) is 9.13 Å². The summed E-state index contributed by atoms with van der Waals surface area (Å²) in [5.74, 6) is 0. The number of hydrogen-bond donors (Lipinski definition) is 0. The molecule has 0 saturated carbocycles. The lowest BCUT2D eigenvalue weighted by atomic mass is 9.91. The summed E-state index contributed by atoms with van der Waals surface area (Å²) in [5.41, 5.74) is 17.4. The molecular weight excluding hydrogens is 897 g/mol. The molecule has 2 aromatic heterocycles. The maximum absolute atomic E-state index is 2.51. The SMILES string of the molecule is C1=CCC(n2c3ccccc3c3cc(N(c4ccccc4)c4ccc(-c5cccc6cccc(-c7ccc(N(c8ccccc8)c8ccc9c(c8)c8ccccc8n9-c8ccccc8)cc7)c56)cc4)ccc32)C=C1. The Hall–Kier alpha value is -9.64. The molecule has 13 aromatic rings. The minimum atomic E-state index is 0.276. The summed E-state index contributed by atoms with van der Waals surface area (Å²) < 4.78 is 4.88. The topological polar surface area (TPSA) is 16.3 Å². The fourth-order valence-corrected chi connectivity index (χ4v) is 11.7. The average molecular weight is 947 g/mol. The Labute approximate surface area is 430 Å². The molecule has 4 nitrogen and oxygen atoms in total. The highest BCUT2D eigenvalue weighted by molar-refractivity contribution is 6.12. The van der Waals surface area contributed by atoms with Crippen molar-refractivity contribution >= 4 is 88.5 Å². The lowest BCUT2D eigenvalue weighted by Gasteiger charge is -2.26. The van der Waals surface area contributed by atoms with E-state index in [0.29, 0.717) is 0 Å². The molecule has 0 aliphatic heterocycles. The molecule has 0 spiro atoms. The summed E-state index contributed by atoms with van der Waals surface area (Å²) >= 11 is 0. The van der Waals surface area contributed by atoms with Crippen LogP contribution in [0.5, 0.6) is 0 Å². The van der Waals surface area contributed by atoms with Gasteiger partial charge in [-0.05, 0) is 149 Å². The Morgan fingerprint density at radius 3 is 1.35 bits per heavy atom. The Kier molecular flexibility index (Phi) is 10.6. The molecule has 0 N–H and O–H groups in total. The highest BCUT2D eigenvalue weighted by atomic mass is 15.1. The first-order valence-electron chi connectivity index (χ1n) is 25.6. The maximum Gasteiger partial charge on any atom is 0.0560 e. The van der Waals surface area contributed by atoms with Crippen molar-refractivity contribution in [3.05, 3.63) is 285 Å². The van der Waals surface area contributed by atoms with E-state index in [1.165, 1.54) is 76.6 Å². The molecule has 74 heavy (non-hydrogen) atoms. The molecule has 1 aliphatic rings. The number of para-hydroxylation sites is 5. The highest BCUT2D eigenvalue weighted by Crippen LogP contribution is 2.44. The van der Waals surface area contributed by atoms with Crippen molar-refractivity contribution in [1.82, 2.24) is 9.13 Å². The Morgan fingerprint density at radius 1 is 0.338 bits per heavy atom. The number of hydrogen-bond acceptors (Lipinski definition) is 2. The molecule has 14 rings (SSSR count). The van der Waals surface area contributed by atoms with Crippen molar-refractivity contribution in [2.45, 2.75) is 12.5 Å². The number of fused-ring (bicyclic) bond motifs is 7. The zero-order valence-corrected chi connectivity index (χ0v) is 40.7. The van der Waals surface area contributed by atoms with Gasteiger partial charge < -0.3 is 18.9 Å². The molecular formula is C70H50N4. The molecule has 350 valence electrons. The van der Waals surface area contributed by atoms with Crippen LogP contribution in [0.3, 0.4) is 0 Å². The molecule has 0 amide bonds. The zero-order valence-electron chi connectivity index (χ0n) is 40.7. The maximum atomic E-state index is 2.51. The highest BCUT2D eigenvalue weighted by Gasteiger charge is 2.22. The van der Waals surface area contributed by atoms with Crippen LogP contribution in [0.4, 0.5) is 34.1 Å². The van der Waals surface area contributed by atoms with Crippen molar-refractivity contribution < 1.29 is 0 Å². The van der Waals surface area contributed by atoms with E-state index in [9.17, 15) is 0 Å². The van der Waals surface area contributed by atoms with Crippen molar-refractivity contribution in [2.24, 2.45) is 0 Å². The van der Waals surface area contributed by atoms with Crippen LogP contribution in [-0.2, 0) is 0 Å². The van der Waals surface area contributed by atoms with E-state index in [4.69, 9.17) is 0 Å². The van der Waals surface area contributed by atoms with Crippen LogP contribution in [0, 0.1) is 0 Å². The first-order chi connectivity index (χ1) is 36.7. The van der Waals surface area contributed by atoms with Gasteiger partial charge in [0.05, 0.1) is 17.1 Å². The Balaban J connectivity index is 0.830. The number of anilines is 6. The summed E-state index contributed by atoms with van der Waals surface area (Å²) in [6, 6.07) is 95.5. The van der Waals surface area contributed by atoms with E-state index < -0.39 is 0 Å². The van der Waals surface area contributed by atoms with Crippen LogP contribution >= 0.6 is 0 Å². The molecule has 1 atom stereocenters. The second kappa shape index (κ2) is 18.2. The second-order valence-electron chi connectivity index (χ2n) is 19.2. The van der Waals surface area contributed by atoms with E-state index in [2.05, 4.69) is 304 Å². The summed E-state index contributed by atoms with van der Waals surface area (Å²) in [4.78, 5) is 4.75. The van der Waals surface area contributed by atoms with Crippen LogP contribution in [0.2, 0.25) is 0 Å². The van der Waals surface area contributed by atoms with Crippen LogP contribution < -0.4 is 9.80 Å². The molecule has 4 heteroatoms. The minimum Gasteiger partial charge on any atom is -0.333 e. The van der Waals surface area contributed by atoms with E-state index in [-0.39, 0.29) is 6.04 Å². The van der Waals surface area contributed by atoms with Gasteiger partial charge in [-0.2, -0.15) is 0 Å². The fraction of sp³-hybridized carbons (Fsp3) is 0.0286. The van der Waals surface area contributed by atoms with Crippen molar-refractivity contribution in [1.29, 1.82) is 0 Å². The van der Waals surface area contributed by atoms with Crippen molar-refractivity contribution in [3.63, 3.8) is 0 Å². The molecule has 0 fully saturated rings. The standard InChI is InChI=1S/C70H50N4/c1-5-21-52(22-6-1)71(58-43-45-68-64(47-58)62-29-13-15-33-66(62)73(68)54-25-9-3-10-26-54)56-39-35-49(36-40-56)60-31-17-19-51-20-18-32-61(70(51)60)50-37-41-57(42-38-50)72(53-23-7-2-8-24-53)59-44-46-69-65(48-59)63-30-14-16-34-67(63)74(69)55-27-11-4-12-28-55/h1-27,29-48,55H,28H2. The molecule has 2 heterocycles. The lowest BCUT2D eigenvalue weighted by molar-refractivity contribution is 0.648. The third-order valence-corrected chi connectivity index (χ3v) is 15.0. The van der Waals surface area contributed by atoms with Gasteiger partial charge in [-0.25, -0.2) is 0 Å². The first-order valence-corrected chi connectivity index (χ1v) is 25.6. The summed E-state index contributed by atoms with van der Waals surface area (Å²) in [5, 5.41) is 7.42. The minimum absolute atomic E-state index is 0.276. The Bertz CT molecular complexity index is 4260. The molecule has 1 unspecified atom stereocenters. The van der Waals surface area contributed by atoms with E-state index >= 15 is 0 Å². The molecule has 0 bridgehead atoms. The van der Waals surface area contributed by atoms with Gasteiger partial charge in [0.25, 0.3) is 0 Å². The summed E-state index contributed by atoms with van der Waals surface area (Å²) in [7, 11) is 0. The number of allylic oxidation sites excluding steroid dienone is 4. The van der Waals surface area contributed by atoms with Crippen LogP contribution in [0.25, 0.3) is 82.3 Å². The van der Waals surface area contributed by atoms with Gasteiger partial charge in [-0.1, -0.05) is 176 Å². The fourth-order valence-electron chi connectivity index (χ4n) is 11.7. The molecule has 0 radical (unpaired) electrons. The lowest BCUT2D eigenvalue weighted by Crippen LogP contribution is -2.10. The zero-order chi connectivity index (χ0) is 49.0. The predicted molar refractivity (Wildman–Crippen MR) is 313 cm³/mol. The Morgan fingerprint density at radius 2 is 0.784 bits per heavy atom. The predicted octanol–water partition coefficient (Wildman–Crippen LogP) is 19.4.